The number of fused-ring (bicyclic) bond motifs is 1. The van der Waals surface area contributed by atoms with Gasteiger partial charge in [0.2, 0.25) is 11.8 Å². The highest BCUT2D eigenvalue weighted by molar-refractivity contribution is 5.96. The summed E-state index contributed by atoms with van der Waals surface area (Å²) in [6, 6.07) is 26.1. The van der Waals surface area contributed by atoms with E-state index in [1.54, 1.807) is 25.4 Å². The maximum absolute atomic E-state index is 13.8. The average Bonchev–Trinajstić information content (AvgIpc) is 3.82. The molecule has 9 rings (SSSR count). The molecule has 0 unspecified atom stereocenters. The molecule has 1 aliphatic carbocycles. The Kier molecular flexibility index (Phi) is 21.0. The highest BCUT2D eigenvalue weighted by atomic mass is 19.4. The SMILES string of the molecule is CC(C)(C)NC(=O)[C@@H]1CN(Cc2cccnc2)CCN1C[C@@H](O)C[C@H](Cc1ccccc1)C(=O)N[C@H]1c2ccccc2C[C@H]1O.COC[C@@H](c1ccc(C(F)(F)F)cc1)N1CCN(C2(C)CCN(C(=O)c3c(C)ncnc3C)CC2)C[C@@H]1C. The largest absolute Gasteiger partial charge is 0.416 e. The maximum atomic E-state index is 13.8. The van der Waals surface area contributed by atoms with Crippen LogP contribution in [0.3, 0.4) is 0 Å². The van der Waals surface area contributed by atoms with Gasteiger partial charge in [0.25, 0.3) is 5.91 Å². The molecule has 5 aromatic rings. The van der Waals surface area contributed by atoms with Crippen molar-refractivity contribution < 1.29 is 42.5 Å². The van der Waals surface area contributed by atoms with Crippen molar-refractivity contribution >= 4 is 17.7 Å². The molecule has 0 radical (unpaired) electrons. The van der Waals surface area contributed by atoms with E-state index in [4.69, 9.17) is 4.74 Å². The zero-order valence-corrected chi connectivity index (χ0v) is 49.5. The van der Waals surface area contributed by atoms with Crippen LogP contribution in [0.2, 0.25) is 0 Å². The van der Waals surface area contributed by atoms with Crippen LogP contribution in [0.5, 0.6) is 0 Å². The Morgan fingerprint density at radius 1 is 0.843 bits per heavy atom. The van der Waals surface area contributed by atoms with Gasteiger partial charge < -0.3 is 30.5 Å². The number of methoxy groups -OCH3 is 1. The lowest BCUT2D eigenvalue weighted by molar-refractivity contribution is -0.137. The van der Waals surface area contributed by atoms with Gasteiger partial charge >= 0.3 is 6.18 Å². The summed E-state index contributed by atoms with van der Waals surface area (Å²) in [6.07, 6.45) is 2.15. The molecular weight excluding hydrogens is 1060 g/mol. The minimum absolute atomic E-state index is 0.000198. The summed E-state index contributed by atoms with van der Waals surface area (Å²) in [5, 5.41) is 28.5. The lowest BCUT2D eigenvalue weighted by Gasteiger charge is -2.52. The molecule has 3 aliphatic heterocycles. The third kappa shape index (κ3) is 16.4. The van der Waals surface area contributed by atoms with Gasteiger partial charge in [-0.2, -0.15) is 13.2 Å². The summed E-state index contributed by atoms with van der Waals surface area (Å²) in [5.41, 5.74) is 5.85. The number of β-amino-alcohol motifs (C(OH)–C–C–N with tert-alkyl or cyclic N) is 1. The number of aliphatic hydroxyl groups excluding tert-OH is 2. The average molecular weight is 1150 g/mol. The number of ether oxygens (including phenoxy) is 1. The lowest BCUT2D eigenvalue weighted by atomic mass is 9.86. The number of hydrogen-bond donors (Lipinski definition) is 4. The van der Waals surface area contributed by atoms with Crippen LogP contribution in [-0.4, -0.2) is 175 Å². The van der Waals surface area contributed by atoms with Crippen LogP contribution < -0.4 is 10.6 Å². The lowest BCUT2D eigenvalue weighted by Crippen LogP contribution is -2.62. The van der Waals surface area contributed by atoms with Crippen LogP contribution in [-0.2, 0) is 39.9 Å². The first-order valence-electron chi connectivity index (χ1n) is 29.2. The molecule has 4 N–H and O–H groups in total. The van der Waals surface area contributed by atoms with E-state index in [-0.39, 0.29) is 48.3 Å². The third-order valence-corrected chi connectivity index (χ3v) is 17.1. The number of piperazine rings is 2. The molecular formula is C64H85F3N10O6. The molecule has 5 heterocycles. The molecule has 0 bridgehead atoms. The number of hydrogen-bond acceptors (Lipinski definition) is 13. The Hall–Kier alpha value is -6.19. The molecule has 3 fully saturated rings. The highest BCUT2D eigenvalue weighted by Gasteiger charge is 2.43. The van der Waals surface area contributed by atoms with E-state index >= 15 is 0 Å². The first-order valence-corrected chi connectivity index (χ1v) is 29.2. The minimum Gasteiger partial charge on any atom is -0.392 e. The first kappa shape index (κ1) is 62.8. The fourth-order valence-electron chi connectivity index (χ4n) is 12.5. The second kappa shape index (κ2) is 27.7. The van der Waals surface area contributed by atoms with Crippen LogP contribution in [0.15, 0.2) is 110 Å². The number of likely N-dealkylation sites (tertiary alicyclic amines) is 1. The molecule has 2 aromatic heterocycles. The first-order chi connectivity index (χ1) is 39.5. The molecule has 0 saturated carbocycles. The molecule has 3 aromatic carbocycles. The summed E-state index contributed by atoms with van der Waals surface area (Å²) in [4.78, 5) is 64.3. The Labute approximate surface area is 487 Å². The van der Waals surface area contributed by atoms with Gasteiger partial charge in [-0.05, 0) is 120 Å². The number of amides is 3. The van der Waals surface area contributed by atoms with Gasteiger partial charge in [0.15, 0.2) is 0 Å². The molecule has 3 saturated heterocycles. The molecule has 83 heavy (non-hydrogen) atoms. The molecule has 3 amide bonds. The second-order valence-electron chi connectivity index (χ2n) is 24.4. The summed E-state index contributed by atoms with van der Waals surface area (Å²) in [7, 11) is 1.62. The predicted octanol–water partition coefficient (Wildman–Crippen LogP) is 7.37. The fourth-order valence-corrected chi connectivity index (χ4v) is 12.5. The molecule has 0 spiro atoms. The van der Waals surface area contributed by atoms with Crippen molar-refractivity contribution in [1.29, 1.82) is 0 Å². The number of benzene rings is 3. The van der Waals surface area contributed by atoms with Crippen molar-refractivity contribution in [3.8, 4) is 0 Å². The zero-order valence-electron chi connectivity index (χ0n) is 49.5. The van der Waals surface area contributed by atoms with Gasteiger partial charge in [0.05, 0.1) is 53.4 Å². The van der Waals surface area contributed by atoms with E-state index in [9.17, 15) is 37.8 Å². The van der Waals surface area contributed by atoms with Gasteiger partial charge in [-0.25, -0.2) is 9.97 Å². The number of alkyl halides is 3. The monoisotopic (exact) mass is 1150 g/mol. The molecule has 19 heteroatoms. The van der Waals surface area contributed by atoms with Crippen molar-refractivity contribution in [1.82, 2.24) is 50.1 Å². The van der Waals surface area contributed by atoms with E-state index in [1.165, 1.54) is 6.33 Å². The number of nitrogens with one attached hydrogen (secondary N) is 2. The molecule has 4 aliphatic rings. The number of aromatic nitrogens is 3. The Morgan fingerprint density at radius 3 is 2.16 bits per heavy atom. The van der Waals surface area contributed by atoms with E-state index in [1.807, 2.05) is 112 Å². The van der Waals surface area contributed by atoms with E-state index in [0.717, 1.165) is 79.0 Å². The molecule has 7 atom stereocenters. The number of carbonyl (C=O) groups excluding carboxylic acids is 3. The summed E-state index contributed by atoms with van der Waals surface area (Å²) in [6.45, 7) is 21.1. The van der Waals surface area contributed by atoms with Gasteiger partial charge in [-0.3, -0.25) is 39.0 Å². The van der Waals surface area contributed by atoms with Gasteiger partial charge in [0, 0.05) is 114 Å². The van der Waals surface area contributed by atoms with Crippen LogP contribution in [0.4, 0.5) is 13.2 Å². The number of nitrogens with zero attached hydrogens (tertiary/aromatic N) is 8. The second-order valence-corrected chi connectivity index (χ2v) is 24.4. The van der Waals surface area contributed by atoms with E-state index in [2.05, 4.69) is 59.0 Å². The Morgan fingerprint density at radius 2 is 1.52 bits per heavy atom. The van der Waals surface area contributed by atoms with Crippen LogP contribution in [0.1, 0.15) is 121 Å². The summed E-state index contributed by atoms with van der Waals surface area (Å²) in [5.74, 6) is -0.782. The number of pyridine rings is 1. The number of aryl methyl sites for hydroxylation is 2. The number of carbonyl (C=O) groups is 3. The molecule has 448 valence electrons. The van der Waals surface area contributed by atoms with Gasteiger partial charge in [0.1, 0.15) is 12.4 Å². The summed E-state index contributed by atoms with van der Waals surface area (Å²) < 4.78 is 44.7. The Bertz CT molecular complexity index is 2900. The Balaban J connectivity index is 0.000000220. The normalized spacial score (nSPS) is 21.9. The van der Waals surface area contributed by atoms with Crippen LogP contribution in [0.25, 0.3) is 0 Å². The van der Waals surface area contributed by atoms with Crippen molar-refractivity contribution in [3.05, 3.63) is 160 Å². The molecule has 16 nitrogen and oxygen atoms in total. The van der Waals surface area contributed by atoms with Crippen molar-refractivity contribution in [2.75, 3.05) is 72.6 Å². The predicted molar refractivity (Wildman–Crippen MR) is 313 cm³/mol. The minimum atomic E-state index is -4.35. The topological polar surface area (TPSA) is 180 Å². The quantitative estimate of drug-likeness (QED) is 0.0726. The van der Waals surface area contributed by atoms with Crippen molar-refractivity contribution in [2.45, 2.75) is 141 Å². The van der Waals surface area contributed by atoms with E-state index in [0.29, 0.717) is 69.1 Å². The smallest absolute Gasteiger partial charge is 0.392 e. The zero-order chi connectivity index (χ0) is 59.6. The van der Waals surface area contributed by atoms with E-state index < -0.39 is 47.5 Å². The third-order valence-electron chi connectivity index (χ3n) is 17.1. The fraction of sp³-hybridized carbons (Fsp3) is 0.531. The van der Waals surface area contributed by atoms with Gasteiger partial charge in [-0.15, -0.1) is 0 Å². The van der Waals surface area contributed by atoms with Crippen LogP contribution >= 0.6 is 0 Å². The number of piperidine rings is 1. The van der Waals surface area contributed by atoms with Gasteiger partial charge in [-0.1, -0.05) is 72.8 Å². The van der Waals surface area contributed by atoms with Crippen LogP contribution in [0, 0.1) is 19.8 Å². The standard InChI is InChI=1S/C36H47N5O4.C28H38F3N5O2/c1-36(2,3)39-35(45)31-24-40(22-26-12-9-15-37-21-26)16-17-41(31)23-29(42)19-28(18-25-10-5-4-6-11-25)34(44)38-33-30-14-8-7-13-27(30)20-32(33)43;1-19-16-35(14-15-36(19)24(17-38-5)22-6-8-23(9-7-22)28(29,30)31)27(4)10-12-34(13-11-27)26(37)25-20(2)32-18-33-21(25)3/h4-15,21,28-29,31-33,42-43H,16-20,22-24H2,1-3H3,(H,38,44)(H,39,45);6-9,18-19,24H,10-17H2,1-5H3/t28-,29-,31-,32+,33-;19-,24-/m00/s1. The van der Waals surface area contributed by atoms with Crippen molar-refractivity contribution in [3.63, 3.8) is 0 Å². The number of halogens is 3. The number of aliphatic hydroxyl groups is 2. The highest BCUT2D eigenvalue weighted by Crippen LogP contribution is 2.37. The number of rotatable bonds is 17. The summed E-state index contributed by atoms with van der Waals surface area (Å²) >= 11 is 0. The van der Waals surface area contributed by atoms with Crippen molar-refractivity contribution in [2.24, 2.45) is 5.92 Å². The maximum Gasteiger partial charge on any atom is 0.416 e.